The maximum absolute atomic E-state index is 2.52. The molecule has 3 aliphatic carbocycles. The van der Waals surface area contributed by atoms with Gasteiger partial charge in [-0.25, -0.2) is 0 Å². The van der Waals surface area contributed by atoms with E-state index >= 15 is 0 Å². The molecule has 12 aromatic carbocycles. The quantitative estimate of drug-likeness (QED) is 0.157. The van der Waals surface area contributed by atoms with E-state index in [1.807, 2.05) is 0 Å². The SMILES string of the molecule is c1ccc(-c2cc(-c3ccc(N(c4ccccc4)c4ccc5c(c4)C4(c6ccccc6-c6ccccc64)c4ccccc4-5)cc3)cc3c2-c2cccc4c2C3(c2ccccc2)c2ccccc2N4c2ccccc2)cc1. The summed E-state index contributed by atoms with van der Waals surface area (Å²) in [6.45, 7) is 0. The van der Waals surface area contributed by atoms with Gasteiger partial charge >= 0.3 is 0 Å². The number of rotatable bonds is 7. The van der Waals surface area contributed by atoms with E-state index in [4.69, 9.17) is 0 Å². The van der Waals surface area contributed by atoms with Crippen molar-refractivity contribution in [1.29, 1.82) is 0 Å². The second-order valence-corrected chi connectivity index (χ2v) is 20.7. The maximum atomic E-state index is 2.52. The van der Waals surface area contributed by atoms with Crippen molar-refractivity contribution in [2.45, 2.75) is 10.8 Å². The molecule has 0 bridgehead atoms. The highest BCUT2D eigenvalue weighted by Crippen LogP contribution is 2.67. The Balaban J connectivity index is 0.894. The first kappa shape index (κ1) is 42.7. The molecule has 4 aliphatic rings. The predicted octanol–water partition coefficient (Wildman–Crippen LogP) is 19.0. The molecule has 0 amide bonds. The molecule has 0 saturated carbocycles. The first-order chi connectivity index (χ1) is 37.7. The van der Waals surface area contributed by atoms with Crippen molar-refractivity contribution in [3.8, 4) is 55.6 Å². The summed E-state index contributed by atoms with van der Waals surface area (Å²) in [6.07, 6.45) is 0. The molecule has 76 heavy (non-hydrogen) atoms. The van der Waals surface area contributed by atoms with Gasteiger partial charge in [-0.15, -0.1) is 0 Å². The number of fused-ring (bicyclic) bond motifs is 15. The van der Waals surface area contributed by atoms with Crippen LogP contribution in [0.5, 0.6) is 0 Å². The Morgan fingerprint density at radius 2 is 0.763 bits per heavy atom. The first-order valence-electron chi connectivity index (χ1n) is 26.5. The van der Waals surface area contributed by atoms with Crippen molar-refractivity contribution >= 4 is 34.1 Å². The Morgan fingerprint density at radius 1 is 0.263 bits per heavy atom. The summed E-state index contributed by atoms with van der Waals surface area (Å²) in [5, 5.41) is 0. The fourth-order valence-electron chi connectivity index (χ4n) is 14.1. The van der Waals surface area contributed by atoms with Crippen LogP contribution >= 0.6 is 0 Å². The highest BCUT2D eigenvalue weighted by molar-refractivity contribution is 6.05. The van der Waals surface area contributed by atoms with Crippen LogP contribution in [0.1, 0.15) is 44.5 Å². The van der Waals surface area contributed by atoms with Crippen LogP contribution in [-0.2, 0) is 10.8 Å². The van der Waals surface area contributed by atoms with E-state index in [9.17, 15) is 0 Å². The van der Waals surface area contributed by atoms with Crippen molar-refractivity contribution in [1.82, 2.24) is 0 Å². The Morgan fingerprint density at radius 3 is 1.42 bits per heavy atom. The van der Waals surface area contributed by atoms with Crippen molar-refractivity contribution in [2.24, 2.45) is 0 Å². The van der Waals surface area contributed by atoms with Crippen LogP contribution in [0.2, 0.25) is 0 Å². The molecular weight excluding hydrogens is 917 g/mol. The lowest BCUT2D eigenvalue weighted by Gasteiger charge is -2.44. The molecular formula is C74H48N2. The minimum Gasteiger partial charge on any atom is -0.310 e. The third-order valence-corrected chi connectivity index (χ3v) is 17.0. The number of hydrogen-bond donors (Lipinski definition) is 0. The van der Waals surface area contributed by atoms with Gasteiger partial charge < -0.3 is 9.80 Å². The molecule has 12 aromatic rings. The predicted molar refractivity (Wildman–Crippen MR) is 314 cm³/mol. The summed E-state index contributed by atoms with van der Waals surface area (Å²) in [4.78, 5) is 4.92. The fourth-order valence-corrected chi connectivity index (χ4v) is 14.1. The molecule has 2 heteroatoms. The zero-order valence-corrected chi connectivity index (χ0v) is 41.6. The van der Waals surface area contributed by atoms with Crippen LogP contribution < -0.4 is 9.80 Å². The molecule has 0 saturated heterocycles. The number of anilines is 6. The standard InChI is InChI=1S/C74H48N2/c1-5-22-50(23-6-1)62-46-51(47-68-71(62)61-33-21-39-70-72(61)73(68,52-24-7-2-8-25-52)66-37-19-20-38-69(66)76(70)54-28-11-4-12-29-54)49-40-42-55(43-41-49)75(53-26-9-3-10-27-53)56-44-45-60-59-32-15-18-36-65(59)74(67(60)48-56)63-34-16-13-30-57(63)58-31-14-17-35-64(58)74/h1-48H. The topological polar surface area (TPSA) is 6.48 Å². The van der Waals surface area contributed by atoms with Gasteiger partial charge in [0.25, 0.3) is 0 Å². The third-order valence-electron chi connectivity index (χ3n) is 17.0. The zero-order valence-electron chi connectivity index (χ0n) is 41.6. The lowest BCUT2D eigenvalue weighted by molar-refractivity contribution is 0.754. The van der Waals surface area contributed by atoms with E-state index in [-0.39, 0.29) is 0 Å². The smallest absolute Gasteiger partial charge is 0.0754 e. The average Bonchev–Trinajstić information content (AvgIpc) is 4.04. The minimum atomic E-state index is -0.598. The van der Waals surface area contributed by atoms with Crippen molar-refractivity contribution in [2.75, 3.05) is 9.80 Å². The Hall–Kier alpha value is -9.76. The summed E-state index contributed by atoms with van der Waals surface area (Å²) in [5.41, 5.74) is 28.9. The van der Waals surface area contributed by atoms with Crippen molar-refractivity contribution in [3.63, 3.8) is 0 Å². The van der Waals surface area contributed by atoms with Crippen LogP contribution in [0.15, 0.2) is 291 Å². The van der Waals surface area contributed by atoms with E-state index in [1.165, 1.54) is 106 Å². The Labute approximate surface area is 443 Å². The van der Waals surface area contributed by atoms with Crippen LogP contribution in [0.3, 0.4) is 0 Å². The Kier molecular flexibility index (Phi) is 9.20. The molecule has 0 fully saturated rings. The van der Waals surface area contributed by atoms with Crippen LogP contribution in [0.25, 0.3) is 55.6 Å². The summed E-state index contributed by atoms with van der Waals surface area (Å²) in [6, 6.07) is 109. The van der Waals surface area contributed by atoms with Gasteiger partial charge in [0.15, 0.2) is 0 Å². The van der Waals surface area contributed by atoms with Gasteiger partial charge in [-0.05, 0) is 167 Å². The number of hydrogen-bond acceptors (Lipinski definition) is 2. The number of para-hydroxylation sites is 3. The highest BCUT2D eigenvalue weighted by atomic mass is 15.2. The largest absolute Gasteiger partial charge is 0.310 e. The molecule has 1 spiro atoms. The fraction of sp³-hybridized carbons (Fsp3) is 0.0270. The molecule has 2 nitrogen and oxygen atoms in total. The monoisotopic (exact) mass is 964 g/mol. The van der Waals surface area contributed by atoms with Gasteiger partial charge in [-0.2, -0.15) is 0 Å². The zero-order chi connectivity index (χ0) is 50.0. The van der Waals surface area contributed by atoms with Gasteiger partial charge in [-0.1, -0.05) is 218 Å². The number of nitrogens with zero attached hydrogens (tertiary/aromatic N) is 2. The summed E-state index contributed by atoms with van der Waals surface area (Å²) in [5.74, 6) is 0. The lowest BCUT2D eigenvalue weighted by atomic mass is 9.64. The van der Waals surface area contributed by atoms with E-state index < -0.39 is 10.8 Å². The summed E-state index contributed by atoms with van der Waals surface area (Å²) >= 11 is 0. The van der Waals surface area contributed by atoms with Crippen LogP contribution in [0.4, 0.5) is 34.1 Å². The molecule has 0 radical (unpaired) electrons. The van der Waals surface area contributed by atoms with Crippen molar-refractivity contribution in [3.05, 3.63) is 336 Å². The first-order valence-corrected chi connectivity index (χ1v) is 26.5. The molecule has 1 aliphatic heterocycles. The molecule has 354 valence electrons. The molecule has 0 aromatic heterocycles. The second-order valence-electron chi connectivity index (χ2n) is 20.7. The third kappa shape index (κ3) is 5.76. The molecule has 1 heterocycles. The molecule has 0 N–H and O–H groups in total. The van der Waals surface area contributed by atoms with Crippen LogP contribution in [-0.4, -0.2) is 0 Å². The maximum Gasteiger partial charge on any atom is 0.0754 e. The molecule has 1 unspecified atom stereocenters. The normalized spacial score (nSPS) is 15.2. The van der Waals surface area contributed by atoms with Crippen molar-refractivity contribution < 1.29 is 0 Å². The van der Waals surface area contributed by atoms with E-state index in [2.05, 4.69) is 301 Å². The Bertz CT molecular complexity index is 4210. The summed E-state index contributed by atoms with van der Waals surface area (Å²) in [7, 11) is 0. The summed E-state index contributed by atoms with van der Waals surface area (Å²) < 4.78 is 0. The molecule has 16 rings (SSSR count). The average molecular weight is 965 g/mol. The van der Waals surface area contributed by atoms with Gasteiger partial charge in [-0.3, -0.25) is 0 Å². The number of benzene rings is 12. The van der Waals surface area contributed by atoms with E-state index in [1.54, 1.807) is 0 Å². The lowest BCUT2D eigenvalue weighted by Crippen LogP contribution is -2.35. The van der Waals surface area contributed by atoms with E-state index in [0.717, 1.165) is 28.3 Å². The second kappa shape index (κ2) is 16.4. The van der Waals surface area contributed by atoms with Gasteiger partial charge in [0, 0.05) is 28.3 Å². The van der Waals surface area contributed by atoms with E-state index in [0.29, 0.717) is 0 Å². The highest BCUT2D eigenvalue weighted by Gasteiger charge is 2.54. The van der Waals surface area contributed by atoms with Gasteiger partial charge in [0.1, 0.15) is 0 Å². The van der Waals surface area contributed by atoms with Gasteiger partial charge in [0.2, 0.25) is 0 Å². The minimum absolute atomic E-state index is 0.443. The molecule has 1 atom stereocenters. The van der Waals surface area contributed by atoms with Crippen LogP contribution in [0, 0.1) is 0 Å². The van der Waals surface area contributed by atoms with Gasteiger partial charge in [0.05, 0.1) is 22.2 Å².